The summed E-state index contributed by atoms with van der Waals surface area (Å²) >= 11 is 0. The average Bonchev–Trinajstić information content (AvgIpc) is 2.54. The molecule has 1 atom stereocenters. The number of hydrogen-bond acceptors (Lipinski definition) is 5. The number of esters is 1. The third-order valence-electron chi connectivity index (χ3n) is 3.59. The minimum atomic E-state index is -1.11. The largest absolute Gasteiger partial charge is 0.463 e. The van der Waals surface area contributed by atoms with Gasteiger partial charge in [0, 0.05) is 18.1 Å². The van der Waals surface area contributed by atoms with Gasteiger partial charge in [-0.05, 0) is 13.0 Å². The lowest BCUT2D eigenvalue weighted by Gasteiger charge is -2.28. The maximum absolute atomic E-state index is 14.3. The van der Waals surface area contributed by atoms with Gasteiger partial charge in [0.15, 0.2) is 0 Å². The summed E-state index contributed by atoms with van der Waals surface area (Å²) in [4.78, 5) is 12.4. The SMILES string of the molecule is CCOC(=O)C1=C(CC)OC(N)=C(C#N)[C@H]1c1ccc(F)cc1F. The van der Waals surface area contributed by atoms with Crippen LogP contribution in [0.1, 0.15) is 31.7 Å². The molecule has 1 aromatic carbocycles. The number of hydrogen-bond donors (Lipinski definition) is 1. The number of rotatable bonds is 4. The van der Waals surface area contributed by atoms with E-state index in [1.165, 1.54) is 6.07 Å². The first kappa shape index (κ1) is 17.5. The van der Waals surface area contributed by atoms with Crippen LogP contribution in [-0.4, -0.2) is 12.6 Å². The zero-order chi connectivity index (χ0) is 17.9. The van der Waals surface area contributed by atoms with Gasteiger partial charge in [-0.25, -0.2) is 13.6 Å². The topological polar surface area (TPSA) is 85.3 Å². The summed E-state index contributed by atoms with van der Waals surface area (Å²) in [6.45, 7) is 3.44. The van der Waals surface area contributed by atoms with Crippen LogP contribution in [0.4, 0.5) is 8.78 Å². The maximum atomic E-state index is 14.3. The number of nitrogens with two attached hydrogens (primary N) is 1. The van der Waals surface area contributed by atoms with Gasteiger partial charge in [-0.3, -0.25) is 0 Å². The van der Waals surface area contributed by atoms with Crippen molar-refractivity contribution in [3.8, 4) is 6.07 Å². The number of nitrogens with zero attached hydrogens (tertiary/aromatic N) is 1. The Morgan fingerprint density at radius 3 is 2.67 bits per heavy atom. The van der Waals surface area contributed by atoms with Gasteiger partial charge in [0.25, 0.3) is 0 Å². The van der Waals surface area contributed by atoms with E-state index in [4.69, 9.17) is 15.2 Å². The van der Waals surface area contributed by atoms with E-state index in [-0.39, 0.29) is 41.4 Å². The highest BCUT2D eigenvalue weighted by molar-refractivity contribution is 5.92. The van der Waals surface area contributed by atoms with Crippen molar-refractivity contribution in [2.75, 3.05) is 6.61 Å². The zero-order valence-electron chi connectivity index (χ0n) is 13.2. The molecule has 1 aliphatic heterocycles. The Bertz CT molecular complexity index is 779. The number of halogens is 2. The predicted octanol–water partition coefficient (Wildman–Crippen LogP) is 3.00. The molecule has 0 saturated carbocycles. The van der Waals surface area contributed by atoms with Crippen molar-refractivity contribution in [3.05, 3.63) is 58.2 Å². The molecule has 2 N–H and O–H groups in total. The molecule has 0 radical (unpaired) electrons. The number of nitriles is 1. The van der Waals surface area contributed by atoms with E-state index >= 15 is 0 Å². The van der Waals surface area contributed by atoms with E-state index in [1.807, 2.05) is 6.07 Å². The minimum absolute atomic E-state index is 0.00407. The summed E-state index contributed by atoms with van der Waals surface area (Å²) < 4.78 is 37.9. The second-order valence-electron chi connectivity index (χ2n) is 5.00. The quantitative estimate of drug-likeness (QED) is 0.856. The Hall–Kier alpha value is -2.88. The number of allylic oxidation sites excluding steroid dienone is 2. The average molecular weight is 334 g/mol. The van der Waals surface area contributed by atoms with E-state index in [2.05, 4.69) is 0 Å². The van der Waals surface area contributed by atoms with E-state index < -0.39 is 23.5 Å². The molecule has 1 aromatic rings. The van der Waals surface area contributed by atoms with Gasteiger partial charge >= 0.3 is 5.97 Å². The van der Waals surface area contributed by atoms with Crippen molar-refractivity contribution in [1.82, 2.24) is 0 Å². The Morgan fingerprint density at radius 1 is 1.42 bits per heavy atom. The molecule has 0 saturated heterocycles. The van der Waals surface area contributed by atoms with Crippen molar-refractivity contribution in [2.45, 2.75) is 26.2 Å². The van der Waals surface area contributed by atoms with Gasteiger partial charge < -0.3 is 15.2 Å². The van der Waals surface area contributed by atoms with Gasteiger partial charge in [0.05, 0.1) is 18.1 Å². The monoisotopic (exact) mass is 334 g/mol. The second kappa shape index (κ2) is 7.13. The molecule has 0 fully saturated rings. The highest BCUT2D eigenvalue weighted by atomic mass is 19.1. The Kier molecular flexibility index (Phi) is 5.19. The fourth-order valence-electron chi connectivity index (χ4n) is 2.56. The number of benzene rings is 1. The standard InChI is InChI=1S/C17H16F2N2O3/c1-3-13-15(17(22)23-4-2)14(11(8-20)16(21)24-13)10-6-5-9(18)7-12(10)19/h5-7,14H,3-4,21H2,1-2H3/t14-/m1/s1. The highest BCUT2D eigenvalue weighted by Crippen LogP contribution is 2.41. The predicted molar refractivity (Wildman–Crippen MR) is 81.0 cm³/mol. The van der Waals surface area contributed by atoms with Crippen LogP contribution >= 0.6 is 0 Å². The smallest absolute Gasteiger partial charge is 0.338 e. The Balaban J connectivity index is 2.71. The van der Waals surface area contributed by atoms with E-state index in [1.54, 1.807) is 13.8 Å². The molecular weight excluding hydrogens is 318 g/mol. The van der Waals surface area contributed by atoms with Gasteiger partial charge in [-0.2, -0.15) is 5.26 Å². The molecule has 0 amide bonds. The molecular formula is C17H16F2N2O3. The third-order valence-corrected chi connectivity index (χ3v) is 3.59. The Labute approximate surface area is 138 Å². The van der Waals surface area contributed by atoms with Crippen LogP contribution in [0.2, 0.25) is 0 Å². The van der Waals surface area contributed by atoms with Gasteiger partial charge in [0.2, 0.25) is 5.88 Å². The molecule has 0 spiro atoms. The lowest BCUT2D eigenvalue weighted by molar-refractivity contribution is -0.139. The Morgan fingerprint density at radius 2 is 2.12 bits per heavy atom. The summed E-state index contributed by atoms with van der Waals surface area (Å²) in [6, 6.07) is 4.76. The second-order valence-corrected chi connectivity index (χ2v) is 5.00. The molecule has 2 rings (SSSR count). The first-order chi connectivity index (χ1) is 11.4. The van der Waals surface area contributed by atoms with Crippen LogP contribution in [0.5, 0.6) is 0 Å². The van der Waals surface area contributed by atoms with Crippen LogP contribution in [-0.2, 0) is 14.3 Å². The summed E-state index contributed by atoms with van der Waals surface area (Å²) in [5.74, 6) is -3.52. The number of carbonyl (C=O) groups is 1. The maximum Gasteiger partial charge on any atom is 0.338 e. The normalized spacial score (nSPS) is 17.4. The summed E-state index contributed by atoms with van der Waals surface area (Å²) in [6.07, 6.45) is 0.285. The number of ether oxygens (including phenoxy) is 2. The lowest BCUT2D eigenvalue weighted by Crippen LogP contribution is -2.26. The molecule has 1 aliphatic rings. The fourth-order valence-corrected chi connectivity index (χ4v) is 2.56. The van der Waals surface area contributed by atoms with Crippen LogP contribution in [0.15, 0.2) is 41.0 Å². The molecule has 0 aliphatic carbocycles. The molecule has 0 bridgehead atoms. The van der Waals surface area contributed by atoms with Gasteiger partial charge in [-0.15, -0.1) is 0 Å². The molecule has 0 unspecified atom stereocenters. The van der Waals surface area contributed by atoms with Crippen molar-refractivity contribution in [3.63, 3.8) is 0 Å². The summed E-state index contributed by atoms with van der Waals surface area (Å²) in [7, 11) is 0. The van der Waals surface area contributed by atoms with Gasteiger partial charge in [0.1, 0.15) is 29.0 Å². The first-order valence-electron chi connectivity index (χ1n) is 7.37. The van der Waals surface area contributed by atoms with Crippen molar-refractivity contribution < 1.29 is 23.0 Å². The van der Waals surface area contributed by atoms with Gasteiger partial charge in [-0.1, -0.05) is 13.0 Å². The minimum Gasteiger partial charge on any atom is -0.463 e. The third kappa shape index (κ3) is 3.08. The summed E-state index contributed by atoms with van der Waals surface area (Å²) in [5, 5.41) is 9.39. The molecule has 7 heteroatoms. The van der Waals surface area contributed by atoms with Crippen molar-refractivity contribution in [2.24, 2.45) is 5.73 Å². The lowest BCUT2D eigenvalue weighted by atomic mass is 9.82. The van der Waals surface area contributed by atoms with E-state index in [9.17, 15) is 18.8 Å². The van der Waals surface area contributed by atoms with Crippen molar-refractivity contribution in [1.29, 1.82) is 5.26 Å². The first-order valence-corrected chi connectivity index (χ1v) is 7.37. The van der Waals surface area contributed by atoms with E-state index in [0.29, 0.717) is 6.07 Å². The highest BCUT2D eigenvalue weighted by Gasteiger charge is 2.38. The fraction of sp³-hybridized carbons (Fsp3) is 0.294. The zero-order valence-corrected chi connectivity index (χ0v) is 13.2. The van der Waals surface area contributed by atoms with Crippen LogP contribution in [0, 0.1) is 23.0 Å². The van der Waals surface area contributed by atoms with Crippen LogP contribution in [0.3, 0.4) is 0 Å². The molecule has 1 heterocycles. The van der Waals surface area contributed by atoms with E-state index in [0.717, 1.165) is 6.07 Å². The summed E-state index contributed by atoms with van der Waals surface area (Å²) in [5.41, 5.74) is 5.58. The molecule has 0 aromatic heterocycles. The van der Waals surface area contributed by atoms with Crippen LogP contribution < -0.4 is 5.73 Å². The molecule has 24 heavy (non-hydrogen) atoms. The molecule has 5 nitrogen and oxygen atoms in total. The molecule has 126 valence electrons. The van der Waals surface area contributed by atoms with Crippen LogP contribution in [0.25, 0.3) is 0 Å². The number of carbonyl (C=O) groups excluding carboxylic acids is 1. The van der Waals surface area contributed by atoms with Crippen molar-refractivity contribution >= 4 is 5.97 Å².